The van der Waals surface area contributed by atoms with E-state index in [1.54, 1.807) is 6.20 Å². The van der Waals surface area contributed by atoms with Crippen molar-refractivity contribution in [1.29, 1.82) is 0 Å². The summed E-state index contributed by atoms with van der Waals surface area (Å²) in [6.07, 6.45) is 8.06. The number of anilines is 2. The van der Waals surface area contributed by atoms with Gasteiger partial charge in [0.05, 0.1) is 11.4 Å². The number of piperidine rings is 1. The summed E-state index contributed by atoms with van der Waals surface area (Å²) in [6, 6.07) is 4.41. The van der Waals surface area contributed by atoms with Crippen LogP contribution in [0.4, 0.5) is 11.5 Å². The number of fused-ring (bicyclic) bond motifs is 2. The molecule has 1 amide bonds. The van der Waals surface area contributed by atoms with E-state index in [1.807, 2.05) is 6.92 Å². The average Bonchev–Trinajstić information content (AvgIpc) is 3.09. The molecule has 4 heterocycles. The molecule has 1 atom stereocenters. The predicted molar refractivity (Wildman–Crippen MR) is 120 cm³/mol. The van der Waals surface area contributed by atoms with E-state index in [4.69, 9.17) is 10.7 Å². The number of hydrogen-bond acceptors (Lipinski definition) is 7. The Labute approximate surface area is 179 Å². The van der Waals surface area contributed by atoms with Gasteiger partial charge in [0.2, 0.25) is 0 Å². The number of hydrogen-bond donors (Lipinski definition) is 2. The summed E-state index contributed by atoms with van der Waals surface area (Å²) in [6.45, 7) is 4.08. The number of nitrogens with two attached hydrogens (primary N) is 1. The molecule has 3 N–H and O–H groups in total. The molecule has 0 spiro atoms. The van der Waals surface area contributed by atoms with E-state index in [2.05, 4.69) is 32.3 Å². The first kappa shape index (κ1) is 19.2. The maximum Gasteiger partial charge on any atom is 0.263 e. The first-order valence-electron chi connectivity index (χ1n) is 10.6. The molecule has 30 heavy (non-hydrogen) atoms. The first-order chi connectivity index (χ1) is 14.6. The quantitative estimate of drug-likeness (QED) is 0.672. The van der Waals surface area contributed by atoms with Crippen LogP contribution in [0.15, 0.2) is 18.3 Å². The number of aromatic nitrogens is 3. The van der Waals surface area contributed by atoms with Crippen LogP contribution in [0.2, 0.25) is 0 Å². The second-order valence-electron chi connectivity index (χ2n) is 8.25. The summed E-state index contributed by atoms with van der Waals surface area (Å²) in [5, 5.41) is 3.17. The van der Waals surface area contributed by atoms with E-state index < -0.39 is 0 Å². The zero-order valence-electron chi connectivity index (χ0n) is 17.1. The molecule has 1 saturated heterocycles. The van der Waals surface area contributed by atoms with Gasteiger partial charge in [0.15, 0.2) is 0 Å². The van der Waals surface area contributed by atoms with Crippen molar-refractivity contribution >= 4 is 39.1 Å². The number of carbonyl (C=O) groups excluding carboxylic acids is 1. The lowest BCUT2D eigenvalue weighted by Gasteiger charge is -2.30. The topological polar surface area (TPSA) is 97.0 Å². The molecular formula is C22H26N6OS. The summed E-state index contributed by atoms with van der Waals surface area (Å²) < 4.78 is 0. The molecule has 3 aromatic heterocycles. The van der Waals surface area contributed by atoms with Crippen LogP contribution in [-0.2, 0) is 12.8 Å². The highest BCUT2D eigenvalue weighted by atomic mass is 32.1. The zero-order chi connectivity index (χ0) is 20.7. The number of carbonyl (C=O) groups is 1. The van der Waals surface area contributed by atoms with Crippen LogP contribution in [-0.4, -0.2) is 40.0 Å². The van der Waals surface area contributed by atoms with Crippen LogP contribution in [0.1, 0.15) is 52.3 Å². The van der Waals surface area contributed by atoms with Crippen LogP contribution in [0.3, 0.4) is 0 Å². The number of rotatable bonds is 3. The molecule has 5 rings (SSSR count). The Balaban J connectivity index is 1.29. The fourth-order valence-corrected chi connectivity index (χ4v) is 5.41. The van der Waals surface area contributed by atoms with Gasteiger partial charge in [-0.15, -0.1) is 11.3 Å². The molecular weight excluding hydrogens is 396 g/mol. The SMILES string of the molecule is Cc1cnc2c(N)c(C(=O)N[C@H]3CCc4nc(N5CCCCC5)ccc4C3)sc2n1. The van der Waals surface area contributed by atoms with Gasteiger partial charge in [-0.25, -0.2) is 15.0 Å². The van der Waals surface area contributed by atoms with Crippen molar-refractivity contribution in [3.05, 3.63) is 40.2 Å². The largest absolute Gasteiger partial charge is 0.396 e. The summed E-state index contributed by atoms with van der Waals surface area (Å²) >= 11 is 1.31. The van der Waals surface area contributed by atoms with E-state index >= 15 is 0 Å². The summed E-state index contributed by atoms with van der Waals surface area (Å²) in [4.78, 5) is 30.2. The molecule has 156 valence electrons. The fourth-order valence-electron chi connectivity index (χ4n) is 4.41. The Hall–Kier alpha value is -2.74. The maximum atomic E-state index is 12.9. The van der Waals surface area contributed by atoms with Gasteiger partial charge in [0, 0.05) is 31.0 Å². The van der Waals surface area contributed by atoms with Gasteiger partial charge in [0.1, 0.15) is 21.0 Å². The number of nitrogens with zero attached hydrogens (tertiary/aromatic N) is 4. The minimum Gasteiger partial charge on any atom is -0.396 e. The number of nitrogens with one attached hydrogen (secondary N) is 1. The van der Waals surface area contributed by atoms with Gasteiger partial charge in [-0.1, -0.05) is 6.07 Å². The molecule has 8 heteroatoms. The van der Waals surface area contributed by atoms with Crippen molar-refractivity contribution in [1.82, 2.24) is 20.3 Å². The Kier molecular flexibility index (Phi) is 5.02. The van der Waals surface area contributed by atoms with Crippen molar-refractivity contribution in [3.8, 4) is 0 Å². The predicted octanol–water partition coefficient (Wildman–Crippen LogP) is 3.25. The van der Waals surface area contributed by atoms with E-state index in [0.29, 0.717) is 20.9 Å². The normalized spacial score (nSPS) is 19.0. The highest BCUT2D eigenvalue weighted by Crippen LogP contribution is 2.31. The molecule has 0 saturated carbocycles. The monoisotopic (exact) mass is 422 g/mol. The Bertz CT molecular complexity index is 1100. The minimum absolute atomic E-state index is 0.0832. The number of pyridine rings is 1. The number of aryl methyl sites for hydroxylation is 2. The molecule has 7 nitrogen and oxygen atoms in total. The molecule has 2 aliphatic rings. The third-order valence-electron chi connectivity index (χ3n) is 6.03. The highest BCUT2D eigenvalue weighted by Gasteiger charge is 2.25. The lowest BCUT2D eigenvalue weighted by Crippen LogP contribution is -2.39. The van der Waals surface area contributed by atoms with Crippen molar-refractivity contribution in [3.63, 3.8) is 0 Å². The van der Waals surface area contributed by atoms with Crippen LogP contribution in [0.5, 0.6) is 0 Å². The molecule has 0 aromatic carbocycles. The third kappa shape index (κ3) is 3.60. The summed E-state index contributed by atoms with van der Waals surface area (Å²) in [5.41, 5.74) is 10.4. The standard InChI is InChI=1S/C22H26N6OS/c1-13-12-24-19-18(23)20(30-22(19)25-13)21(29)26-15-6-7-16-14(11-15)5-8-17(27-16)28-9-3-2-4-10-28/h5,8,12,15H,2-4,6-7,9-11,23H2,1H3,(H,26,29)/t15-/m0/s1. The number of thiophene rings is 1. The molecule has 0 unspecified atom stereocenters. The van der Waals surface area contributed by atoms with Gasteiger partial charge < -0.3 is 16.0 Å². The number of amides is 1. The van der Waals surface area contributed by atoms with Crippen LogP contribution < -0.4 is 16.0 Å². The van der Waals surface area contributed by atoms with Crippen molar-refractivity contribution in [2.24, 2.45) is 0 Å². The Morgan fingerprint density at radius 1 is 1.23 bits per heavy atom. The fraction of sp³-hybridized carbons (Fsp3) is 0.455. The molecule has 3 aromatic rings. The second kappa shape index (κ2) is 7.83. The van der Waals surface area contributed by atoms with Crippen LogP contribution in [0.25, 0.3) is 10.3 Å². The summed E-state index contributed by atoms with van der Waals surface area (Å²) in [5.74, 6) is 0.963. The van der Waals surface area contributed by atoms with Gasteiger partial charge in [-0.2, -0.15) is 0 Å². The van der Waals surface area contributed by atoms with Crippen molar-refractivity contribution in [2.45, 2.75) is 51.5 Å². The van der Waals surface area contributed by atoms with Gasteiger partial charge in [0.25, 0.3) is 5.91 Å². The van der Waals surface area contributed by atoms with Gasteiger partial charge in [-0.3, -0.25) is 4.79 Å². The van der Waals surface area contributed by atoms with E-state index in [0.717, 1.165) is 43.9 Å². The lowest BCUT2D eigenvalue weighted by molar-refractivity contribution is 0.0938. The molecule has 1 fully saturated rings. The zero-order valence-corrected chi connectivity index (χ0v) is 18.0. The molecule has 1 aliphatic carbocycles. The Morgan fingerprint density at radius 2 is 2.07 bits per heavy atom. The molecule has 0 bridgehead atoms. The van der Waals surface area contributed by atoms with Crippen molar-refractivity contribution in [2.75, 3.05) is 23.7 Å². The second-order valence-corrected chi connectivity index (χ2v) is 9.25. The minimum atomic E-state index is -0.138. The van der Waals surface area contributed by atoms with E-state index in [-0.39, 0.29) is 11.9 Å². The average molecular weight is 423 g/mol. The molecule has 1 aliphatic heterocycles. The van der Waals surface area contributed by atoms with E-state index in [1.165, 1.54) is 41.9 Å². The third-order valence-corrected chi connectivity index (χ3v) is 7.12. The molecule has 0 radical (unpaired) electrons. The Morgan fingerprint density at radius 3 is 2.90 bits per heavy atom. The lowest BCUT2D eigenvalue weighted by atomic mass is 9.91. The van der Waals surface area contributed by atoms with Gasteiger partial charge >= 0.3 is 0 Å². The highest BCUT2D eigenvalue weighted by molar-refractivity contribution is 7.21. The van der Waals surface area contributed by atoms with Crippen molar-refractivity contribution < 1.29 is 4.79 Å². The van der Waals surface area contributed by atoms with Crippen LogP contribution >= 0.6 is 11.3 Å². The maximum absolute atomic E-state index is 12.9. The van der Waals surface area contributed by atoms with E-state index in [9.17, 15) is 4.79 Å². The summed E-state index contributed by atoms with van der Waals surface area (Å²) in [7, 11) is 0. The van der Waals surface area contributed by atoms with Crippen LogP contribution in [0, 0.1) is 6.92 Å². The first-order valence-corrected chi connectivity index (χ1v) is 11.5. The number of nitrogen functional groups attached to an aromatic ring is 1. The smallest absolute Gasteiger partial charge is 0.263 e. The van der Waals surface area contributed by atoms with Gasteiger partial charge in [-0.05, 0) is 57.1 Å².